The van der Waals surface area contributed by atoms with Gasteiger partial charge in [-0.2, -0.15) is 4.68 Å². The second kappa shape index (κ2) is 5.48. The van der Waals surface area contributed by atoms with Gasteiger partial charge in [-0.25, -0.2) is 9.59 Å². The number of nitrogen functional groups attached to an aromatic ring is 1. The van der Waals surface area contributed by atoms with E-state index in [-0.39, 0.29) is 0 Å². The standard InChI is InChI=1S/C9H18N6O2/c1-7-12-15(9(17)14(7)10)8(16)11-5-4-6-13(2)3/h4-6,10H2,1-3H3,(H,11,16). The molecule has 0 aliphatic heterocycles. The SMILES string of the molecule is Cc1nn(C(=O)NCCCN(C)C)c(=O)n1N. The third-order valence-corrected chi connectivity index (χ3v) is 2.23. The van der Waals surface area contributed by atoms with Crippen LogP contribution in [-0.4, -0.2) is 52.6 Å². The lowest BCUT2D eigenvalue weighted by Crippen LogP contribution is -2.40. The maximum Gasteiger partial charge on any atom is 0.373 e. The van der Waals surface area contributed by atoms with Gasteiger partial charge in [-0.3, -0.25) is 0 Å². The van der Waals surface area contributed by atoms with Crippen molar-refractivity contribution in [1.29, 1.82) is 0 Å². The van der Waals surface area contributed by atoms with Crippen LogP contribution < -0.4 is 16.8 Å². The van der Waals surface area contributed by atoms with Crippen molar-refractivity contribution in [2.24, 2.45) is 0 Å². The van der Waals surface area contributed by atoms with Crippen LogP contribution in [0.1, 0.15) is 12.2 Å². The van der Waals surface area contributed by atoms with Crippen molar-refractivity contribution in [1.82, 2.24) is 24.7 Å². The molecule has 0 atom stereocenters. The van der Waals surface area contributed by atoms with E-state index >= 15 is 0 Å². The molecule has 0 spiro atoms. The monoisotopic (exact) mass is 242 g/mol. The zero-order valence-electron chi connectivity index (χ0n) is 10.3. The first-order chi connectivity index (χ1) is 7.93. The summed E-state index contributed by atoms with van der Waals surface area (Å²) in [7, 11) is 3.90. The maximum absolute atomic E-state index is 11.6. The Labute approximate surface area is 99.0 Å². The van der Waals surface area contributed by atoms with Gasteiger partial charge in [-0.15, -0.1) is 9.78 Å². The summed E-state index contributed by atoms with van der Waals surface area (Å²) in [6.45, 7) is 2.90. The molecule has 0 unspecified atom stereocenters. The second-order valence-corrected chi connectivity index (χ2v) is 4.00. The first-order valence-corrected chi connectivity index (χ1v) is 5.30. The molecule has 0 aromatic carbocycles. The Balaban J connectivity index is 2.53. The Morgan fingerprint density at radius 2 is 2.18 bits per heavy atom. The Morgan fingerprint density at radius 3 is 2.65 bits per heavy atom. The Hall–Kier alpha value is -1.83. The molecule has 8 nitrogen and oxygen atoms in total. The number of carbonyl (C=O) groups excluding carboxylic acids is 1. The average molecular weight is 242 g/mol. The molecule has 0 saturated carbocycles. The summed E-state index contributed by atoms with van der Waals surface area (Å²) in [6.07, 6.45) is 0.801. The number of nitrogens with zero attached hydrogens (tertiary/aromatic N) is 4. The molecule has 1 rings (SSSR count). The van der Waals surface area contributed by atoms with E-state index in [2.05, 4.69) is 10.4 Å². The van der Waals surface area contributed by atoms with Crippen LogP contribution in [-0.2, 0) is 0 Å². The second-order valence-electron chi connectivity index (χ2n) is 4.00. The molecule has 1 heterocycles. The normalized spacial score (nSPS) is 10.8. The fourth-order valence-corrected chi connectivity index (χ4v) is 1.27. The lowest BCUT2D eigenvalue weighted by atomic mass is 10.4. The number of amides is 1. The Kier molecular flexibility index (Phi) is 4.27. The van der Waals surface area contributed by atoms with Crippen molar-refractivity contribution in [3.8, 4) is 0 Å². The first-order valence-electron chi connectivity index (χ1n) is 5.30. The van der Waals surface area contributed by atoms with Crippen LogP contribution in [0.15, 0.2) is 4.79 Å². The summed E-state index contributed by atoms with van der Waals surface area (Å²) in [6, 6.07) is -0.555. The summed E-state index contributed by atoms with van der Waals surface area (Å²) < 4.78 is 1.56. The number of aromatic nitrogens is 3. The van der Waals surface area contributed by atoms with Gasteiger partial charge in [-0.1, -0.05) is 0 Å². The number of rotatable bonds is 4. The van der Waals surface area contributed by atoms with Crippen LogP contribution in [0.2, 0.25) is 0 Å². The molecular weight excluding hydrogens is 224 g/mol. The topological polar surface area (TPSA) is 98.2 Å². The minimum absolute atomic E-state index is 0.290. The van der Waals surface area contributed by atoms with Gasteiger partial charge in [-0.05, 0) is 34.0 Å². The number of nitrogens with two attached hydrogens (primary N) is 1. The molecule has 0 fully saturated rings. The fraction of sp³-hybridized carbons (Fsp3) is 0.667. The largest absolute Gasteiger partial charge is 0.373 e. The predicted octanol–water partition coefficient (Wildman–Crippen LogP) is -1.42. The fourth-order valence-electron chi connectivity index (χ4n) is 1.27. The van der Waals surface area contributed by atoms with E-state index < -0.39 is 11.7 Å². The Bertz CT molecular complexity index is 447. The highest BCUT2D eigenvalue weighted by atomic mass is 16.2. The van der Waals surface area contributed by atoms with Gasteiger partial charge < -0.3 is 16.1 Å². The van der Waals surface area contributed by atoms with E-state index in [1.165, 1.54) is 0 Å². The maximum atomic E-state index is 11.6. The summed E-state index contributed by atoms with van der Waals surface area (Å²) in [5, 5.41) is 6.34. The number of carbonyl (C=O) groups is 1. The van der Waals surface area contributed by atoms with Crippen molar-refractivity contribution >= 4 is 6.03 Å². The molecule has 1 aromatic rings. The lowest BCUT2D eigenvalue weighted by Gasteiger charge is -2.09. The average Bonchev–Trinajstić information content (AvgIpc) is 2.52. The van der Waals surface area contributed by atoms with Gasteiger partial charge in [0, 0.05) is 6.54 Å². The van der Waals surface area contributed by atoms with Crippen molar-refractivity contribution in [2.45, 2.75) is 13.3 Å². The van der Waals surface area contributed by atoms with E-state index in [4.69, 9.17) is 5.84 Å². The summed E-state index contributed by atoms with van der Waals surface area (Å²) in [4.78, 5) is 25.0. The lowest BCUT2D eigenvalue weighted by molar-refractivity contribution is 0.238. The number of hydrogen-bond donors (Lipinski definition) is 2. The third kappa shape index (κ3) is 3.31. The van der Waals surface area contributed by atoms with Crippen LogP contribution in [0.4, 0.5) is 4.79 Å². The Morgan fingerprint density at radius 1 is 1.53 bits per heavy atom. The molecule has 1 amide bonds. The van der Waals surface area contributed by atoms with Crippen LogP contribution in [0.25, 0.3) is 0 Å². The van der Waals surface area contributed by atoms with Crippen LogP contribution >= 0.6 is 0 Å². The molecule has 3 N–H and O–H groups in total. The summed E-state index contributed by atoms with van der Waals surface area (Å²) >= 11 is 0. The number of hydrogen-bond acceptors (Lipinski definition) is 5. The molecule has 0 aliphatic rings. The van der Waals surface area contributed by atoms with Gasteiger partial charge in [0.1, 0.15) is 0 Å². The van der Waals surface area contributed by atoms with Crippen LogP contribution in [0.3, 0.4) is 0 Å². The zero-order chi connectivity index (χ0) is 13.0. The molecule has 0 radical (unpaired) electrons. The van der Waals surface area contributed by atoms with E-state index in [1.54, 1.807) is 6.92 Å². The molecule has 0 saturated heterocycles. The first kappa shape index (κ1) is 13.2. The van der Waals surface area contributed by atoms with Gasteiger partial charge in [0.05, 0.1) is 0 Å². The van der Waals surface area contributed by atoms with E-state index in [1.807, 2.05) is 19.0 Å². The van der Waals surface area contributed by atoms with Crippen LogP contribution in [0, 0.1) is 6.92 Å². The highest BCUT2D eigenvalue weighted by molar-refractivity contribution is 5.75. The van der Waals surface area contributed by atoms with Crippen molar-refractivity contribution in [2.75, 3.05) is 33.0 Å². The molecule has 0 aliphatic carbocycles. The minimum atomic E-state index is -0.646. The summed E-state index contributed by atoms with van der Waals surface area (Å²) in [5.74, 6) is 5.66. The van der Waals surface area contributed by atoms with Crippen LogP contribution in [0.5, 0.6) is 0 Å². The highest BCUT2D eigenvalue weighted by Gasteiger charge is 2.13. The van der Waals surface area contributed by atoms with E-state index in [0.717, 1.165) is 22.3 Å². The predicted molar refractivity (Wildman–Crippen MR) is 63.3 cm³/mol. The van der Waals surface area contributed by atoms with E-state index in [0.29, 0.717) is 12.4 Å². The molecule has 0 bridgehead atoms. The molecule has 17 heavy (non-hydrogen) atoms. The number of aryl methyl sites for hydroxylation is 1. The molecule has 96 valence electrons. The van der Waals surface area contributed by atoms with Crippen molar-refractivity contribution in [3.05, 3.63) is 16.3 Å². The van der Waals surface area contributed by atoms with Crippen molar-refractivity contribution < 1.29 is 4.79 Å². The smallest absolute Gasteiger partial charge is 0.336 e. The third-order valence-electron chi connectivity index (χ3n) is 2.23. The molecule has 1 aromatic heterocycles. The van der Waals surface area contributed by atoms with Gasteiger partial charge in [0.25, 0.3) is 0 Å². The van der Waals surface area contributed by atoms with Gasteiger partial charge >= 0.3 is 11.7 Å². The minimum Gasteiger partial charge on any atom is -0.336 e. The van der Waals surface area contributed by atoms with Gasteiger partial charge in [0.2, 0.25) is 0 Å². The van der Waals surface area contributed by atoms with Gasteiger partial charge in [0.15, 0.2) is 5.82 Å². The quantitative estimate of drug-likeness (QED) is 0.498. The number of nitrogens with one attached hydrogen (secondary N) is 1. The van der Waals surface area contributed by atoms with Crippen molar-refractivity contribution in [3.63, 3.8) is 0 Å². The summed E-state index contributed by atoms with van der Waals surface area (Å²) in [5.41, 5.74) is -0.646. The highest BCUT2D eigenvalue weighted by Crippen LogP contribution is 1.85. The molecule has 8 heteroatoms. The zero-order valence-corrected chi connectivity index (χ0v) is 10.3. The molecular formula is C9H18N6O2. The van der Waals surface area contributed by atoms with E-state index in [9.17, 15) is 9.59 Å².